The molecular weight excluding hydrogens is 208 g/mol. The number of hydrogen-bond acceptors (Lipinski definition) is 3. The number of amidine groups is 1. The molecule has 0 spiro atoms. The Kier molecular flexibility index (Phi) is 3.05. The lowest BCUT2D eigenvalue weighted by atomic mass is 10.0. The van der Waals surface area contributed by atoms with Crippen molar-refractivity contribution in [2.45, 2.75) is 32.4 Å². The van der Waals surface area contributed by atoms with Gasteiger partial charge >= 0.3 is 0 Å². The molecule has 2 heterocycles. The lowest BCUT2D eigenvalue weighted by Crippen LogP contribution is -2.46. The van der Waals surface area contributed by atoms with Crippen LogP contribution in [0.3, 0.4) is 0 Å². The first kappa shape index (κ1) is 10.6. The van der Waals surface area contributed by atoms with Gasteiger partial charge in [-0.15, -0.1) is 0 Å². The zero-order chi connectivity index (χ0) is 10.7. The SMILES string of the molecule is CC1(C)CCSC(=NCc2ccoc2)N1. The zero-order valence-electron chi connectivity index (χ0n) is 9.12. The van der Waals surface area contributed by atoms with Crippen LogP contribution in [0.15, 0.2) is 28.0 Å². The highest BCUT2D eigenvalue weighted by molar-refractivity contribution is 8.13. The molecule has 0 amide bonds. The molecular formula is C11H16N2OS. The summed E-state index contributed by atoms with van der Waals surface area (Å²) < 4.78 is 5.00. The fourth-order valence-electron chi connectivity index (χ4n) is 1.42. The molecule has 0 bridgehead atoms. The van der Waals surface area contributed by atoms with Gasteiger partial charge in [-0.2, -0.15) is 0 Å². The second-order valence-electron chi connectivity index (χ2n) is 4.36. The molecule has 0 saturated carbocycles. The third-order valence-corrected chi connectivity index (χ3v) is 3.31. The quantitative estimate of drug-likeness (QED) is 0.839. The molecule has 1 aromatic heterocycles. The maximum Gasteiger partial charge on any atom is 0.157 e. The second-order valence-corrected chi connectivity index (χ2v) is 5.44. The molecule has 82 valence electrons. The Morgan fingerprint density at radius 1 is 1.60 bits per heavy atom. The molecule has 2 rings (SSSR count). The van der Waals surface area contributed by atoms with Crippen LogP contribution < -0.4 is 5.32 Å². The standard InChI is InChI=1S/C11H16N2OS/c1-11(2)4-6-15-10(13-11)12-7-9-3-5-14-8-9/h3,5,8H,4,6-7H2,1-2H3,(H,12,13). The summed E-state index contributed by atoms with van der Waals surface area (Å²) in [5.74, 6) is 1.14. The van der Waals surface area contributed by atoms with E-state index in [1.165, 1.54) is 6.42 Å². The summed E-state index contributed by atoms with van der Waals surface area (Å²) in [5, 5.41) is 4.49. The van der Waals surface area contributed by atoms with Gasteiger partial charge in [0, 0.05) is 16.9 Å². The van der Waals surface area contributed by atoms with E-state index in [9.17, 15) is 0 Å². The Balaban J connectivity index is 1.95. The molecule has 0 radical (unpaired) electrons. The molecule has 0 aliphatic carbocycles. The number of furan rings is 1. The van der Waals surface area contributed by atoms with Crippen molar-refractivity contribution in [1.29, 1.82) is 0 Å². The molecule has 1 fully saturated rings. The van der Waals surface area contributed by atoms with Gasteiger partial charge < -0.3 is 9.73 Å². The highest BCUT2D eigenvalue weighted by Gasteiger charge is 2.23. The van der Waals surface area contributed by atoms with Gasteiger partial charge in [0.2, 0.25) is 0 Å². The fraction of sp³-hybridized carbons (Fsp3) is 0.545. The molecule has 0 atom stereocenters. The van der Waals surface area contributed by atoms with Crippen LogP contribution >= 0.6 is 11.8 Å². The summed E-state index contributed by atoms with van der Waals surface area (Å²) in [6.07, 6.45) is 4.60. The van der Waals surface area contributed by atoms with E-state index >= 15 is 0 Å². The molecule has 15 heavy (non-hydrogen) atoms. The van der Waals surface area contributed by atoms with Crippen LogP contribution in [-0.4, -0.2) is 16.5 Å². The molecule has 3 nitrogen and oxygen atoms in total. The minimum absolute atomic E-state index is 0.181. The van der Waals surface area contributed by atoms with Gasteiger partial charge in [0.15, 0.2) is 5.17 Å². The maximum absolute atomic E-state index is 5.00. The average molecular weight is 224 g/mol. The van der Waals surface area contributed by atoms with Crippen molar-refractivity contribution in [3.63, 3.8) is 0 Å². The second kappa shape index (κ2) is 4.31. The summed E-state index contributed by atoms with van der Waals surface area (Å²) in [6, 6.07) is 1.95. The number of thioether (sulfide) groups is 1. The van der Waals surface area contributed by atoms with Crippen molar-refractivity contribution in [3.8, 4) is 0 Å². The van der Waals surface area contributed by atoms with Gasteiger partial charge in [0.25, 0.3) is 0 Å². The van der Waals surface area contributed by atoms with Crippen molar-refractivity contribution in [2.24, 2.45) is 4.99 Å². The smallest absolute Gasteiger partial charge is 0.157 e. The fourth-order valence-corrected chi connectivity index (χ4v) is 2.73. The summed E-state index contributed by atoms with van der Waals surface area (Å²) in [6.45, 7) is 5.11. The Morgan fingerprint density at radius 2 is 2.47 bits per heavy atom. The van der Waals surface area contributed by atoms with Crippen molar-refractivity contribution in [1.82, 2.24) is 5.32 Å². The number of aliphatic imine (C=N–C) groups is 1. The summed E-state index contributed by atoms with van der Waals surface area (Å²) in [5.41, 5.74) is 1.30. The maximum atomic E-state index is 5.00. The molecule has 1 saturated heterocycles. The van der Waals surface area contributed by atoms with Gasteiger partial charge in [-0.1, -0.05) is 11.8 Å². The van der Waals surface area contributed by atoms with Gasteiger partial charge in [0.05, 0.1) is 19.1 Å². The zero-order valence-corrected chi connectivity index (χ0v) is 9.93. The molecule has 1 N–H and O–H groups in total. The first-order chi connectivity index (χ1) is 7.16. The van der Waals surface area contributed by atoms with Crippen LogP contribution in [0.4, 0.5) is 0 Å². The van der Waals surface area contributed by atoms with Crippen LogP contribution in [0.5, 0.6) is 0 Å². The number of nitrogens with zero attached hydrogens (tertiary/aromatic N) is 1. The Bertz CT molecular complexity index is 343. The predicted octanol–water partition coefficient (Wildman–Crippen LogP) is 2.64. The van der Waals surface area contributed by atoms with E-state index in [1.807, 2.05) is 6.07 Å². The van der Waals surface area contributed by atoms with Gasteiger partial charge in [-0.05, 0) is 26.3 Å². The van der Waals surface area contributed by atoms with Gasteiger partial charge in [-0.25, -0.2) is 0 Å². The van der Waals surface area contributed by atoms with Crippen LogP contribution in [0.25, 0.3) is 0 Å². The van der Waals surface area contributed by atoms with E-state index in [4.69, 9.17) is 4.42 Å². The highest BCUT2D eigenvalue weighted by Crippen LogP contribution is 2.21. The van der Waals surface area contributed by atoms with Gasteiger partial charge in [-0.3, -0.25) is 4.99 Å². The number of nitrogens with one attached hydrogen (secondary N) is 1. The van der Waals surface area contributed by atoms with Gasteiger partial charge in [0.1, 0.15) is 0 Å². The summed E-state index contributed by atoms with van der Waals surface area (Å²) in [4.78, 5) is 4.53. The van der Waals surface area contributed by atoms with E-state index in [-0.39, 0.29) is 5.54 Å². The highest BCUT2D eigenvalue weighted by atomic mass is 32.2. The largest absolute Gasteiger partial charge is 0.472 e. The van der Waals surface area contributed by atoms with E-state index in [2.05, 4.69) is 24.2 Å². The molecule has 0 unspecified atom stereocenters. The lowest BCUT2D eigenvalue weighted by molar-refractivity contribution is 0.446. The first-order valence-corrected chi connectivity index (χ1v) is 6.11. The lowest BCUT2D eigenvalue weighted by Gasteiger charge is -2.32. The topological polar surface area (TPSA) is 37.5 Å². The minimum atomic E-state index is 0.181. The molecule has 4 heteroatoms. The van der Waals surface area contributed by atoms with E-state index in [0.717, 1.165) is 16.5 Å². The third-order valence-electron chi connectivity index (χ3n) is 2.40. The molecule has 1 aliphatic rings. The van der Waals surface area contributed by atoms with E-state index in [0.29, 0.717) is 6.54 Å². The van der Waals surface area contributed by atoms with Crippen LogP contribution in [-0.2, 0) is 6.54 Å². The minimum Gasteiger partial charge on any atom is -0.472 e. The Morgan fingerprint density at radius 3 is 3.13 bits per heavy atom. The first-order valence-electron chi connectivity index (χ1n) is 5.12. The summed E-state index contributed by atoms with van der Waals surface area (Å²) in [7, 11) is 0. The van der Waals surface area contributed by atoms with E-state index < -0.39 is 0 Å². The van der Waals surface area contributed by atoms with Crippen LogP contribution in [0.2, 0.25) is 0 Å². The number of hydrogen-bond donors (Lipinski definition) is 1. The van der Waals surface area contributed by atoms with Crippen LogP contribution in [0, 0.1) is 0 Å². The van der Waals surface area contributed by atoms with Crippen molar-refractivity contribution in [2.75, 3.05) is 5.75 Å². The average Bonchev–Trinajstić information content (AvgIpc) is 2.65. The van der Waals surface area contributed by atoms with E-state index in [1.54, 1.807) is 24.3 Å². The number of rotatable bonds is 2. The Hall–Kier alpha value is -0.900. The Labute approximate surface area is 94.3 Å². The predicted molar refractivity (Wildman–Crippen MR) is 64.1 cm³/mol. The molecule has 1 aromatic rings. The normalized spacial score (nSPS) is 22.7. The monoisotopic (exact) mass is 224 g/mol. The van der Waals surface area contributed by atoms with Crippen molar-refractivity contribution >= 4 is 16.9 Å². The third kappa shape index (κ3) is 3.02. The molecule has 1 aliphatic heterocycles. The van der Waals surface area contributed by atoms with Crippen molar-refractivity contribution < 1.29 is 4.42 Å². The molecule has 0 aromatic carbocycles. The van der Waals surface area contributed by atoms with Crippen molar-refractivity contribution in [3.05, 3.63) is 24.2 Å². The van der Waals surface area contributed by atoms with Crippen LogP contribution in [0.1, 0.15) is 25.8 Å². The summed E-state index contributed by atoms with van der Waals surface area (Å²) >= 11 is 1.80.